The van der Waals surface area contributed by atoms with E-state index >= 15 is 0 Å². The molecule has 0 bridgehead atoms. The average Bonchev–Trinajstić information content (AvgIpc) is 2.84. The van der Waals surface area contributed by atoms with Gasteiger partial charge >= 0.3 is 0 Å². The van der Waals surface area contributed by atoms with Crippen LogP contribution in [0.5, 0.6) is 0 Å². The van der Waals surface area contributed by atoms with Crippen LogP contribution < -0.4 is 0 Å². The van der Waals surface area contributed by atoms with Crippen molar-refractivity contribution in [1.82, 2.24) is 4.90 Å². The SMILES string of the molecule is CC.CC1=CCN(C)C(=O)C(C2CN=CS2)=C1. The molecule has 0 radical (unpaired) electrons. The number of likely N-dealkylation sites (N-methyl/N-ethyl adjacent to an activating group) is 1. The Kier molecular flexibility index (Phi) is 5.48. The van der Waals surface area contributed by atoms with Crippen molar-refractivity contribution in [2.24, 2.45) is 4.99 Å². The predicted octanol–water partition coefficient (Wildman–Crippen LogP) is 2.50. The summed E-state index contributed by atoms with van der Waals surface area (Å²) < 4.78 is 0. The third kappa shape index (κ3) is 3.46. The van der Waals surface area contributed by atoms with Crippen LogP contribution in [-0.2, 0) is 4.79 Å². The summed E-state index contributed by atoms with van der Waals surface area (Å²) in [4.78, 5) is 17.9. The van der Waals surface area contributed by atoms with Gasteiger partial charge in [-0.3, -0.25) is 9.79 Å². The van der Waals surface area contributed by atoms with Crippen molar-refractivity contribution in [3.63, 3.8) is 0 Å². The van der Waals surface area contributed by atoms with Crippen LogP contribution in [0.25, 0.3) is 0 Å². The zero-order chi connectivity index (χ0) is 12.8. The summed E-state index contributed by atoms with van der Waals surface area (Å²) >= 11 is 1.63. The Morgan fingerprint density at radius 3 is 2.76 bits per heavy atom. The van der Waals surface area contributed by atoms with E-state index in [9.17, 15) is 4.79 Å². The van der Waals surface area contributed by atoms with Gasteiger partial charge in [-0.2, -0.15) is 0 Å². The minimum absolute atomic E-state index is 0.131. The average molecular weight is 252 g/mol. The van der Waals surface area contributed by atoms with E-state index in [1.54, 1.807) is 16.7 Å². The van der Waals surface area contributed by atoms with Gasteiger partial charge in [-0.25, -0.2) is 0 Å². The smallest absolute Gasteiger partial charge is 0.251 e. The van der Waals surface area contributed by atoms with Gasteiger partial charge in [-0.1, -0.05) is 25.5 Å². The number of carbonyl (C=O) groups is 1. The number of aliphatic imine (C=N–C) groups is 1. The molecule has 0 spiro atoms. The lowest BCUT2D eigenvalue weighted by atomic mass is 10.1. The van der Waals surface area contributed by atoms with Gasteiger partial charge in [0.1, 0.15) is 0 Å². The highest BCUT2D eigenvalue weighted by molar-refractivity contribution is 8.13. The summed E-state index contributed by atoms with van der Waals surface area (Å²) in [6.45, 7) is 7.46. The van der Waals surface area contributed by atoms with Gasteiger partial charge in [-0.15, -0.1) is 11.8 Å². The summed E-state index contributed by atoms with van der Waals surface area (Å²) in [5, 5.41) is 0.210. The fraction of sp³-hybridized carbons (Fsp3) is 0.538. The molecule has 4 heteroatoms. The molecule has 2 aliphatic rings. The Bertz CT molecular complexity index is 364. The number of amides is 1. The van der Waals surface area contributed by atoms with E-state index in [0.29, 0.717) is 6.54 Å². The molecule has 0 fully saturated rings. The molecule has 0 saturated heterocycles. The van der Waals surface area contributed by atoms with Crippen LogP contribution in [0.4, 0.5) is 0 Å². The molecule has 94 valence electrons. The second-order valence-corrected chi connectivity index (χ2v) is 4.88. The molecule has 1 amide bonds. The van der Waals surface area contributed by atoms with E-state index in [0.717, 1.165) is 17.7 Å². The fourth-order valence-corrected chi connectivity index (χ4v) is 2.46. The Labute approximate surface area is 108 Å². The number of allylic oxidation sites excluding steroid dienone is 2. The summed E-state index contributed by atoms with van der Waals surface area (Å²) in [6.07, 6.45) is 4.07. The monoisotopic (exact) mass is 252 g/mol. The lowest BCUT2D eigenvalue weighted by Crippen LogP contribution is -2.31. The van der Waals surface area contributed by atoms with Gasteiger partial charge in [0, 0.05) is 19.2 Å². The van der Waals surface area contributed by atoms with Crippen molar-refractivity contribution in [2.45, 2.75) is 26.0 Å². The normalized spacial score (nSPS) is 23.6. The second-order valence-electron chi connectivity index (χ2n) is 3.83. The van der Waals surface area contributed by atoms with Gasteiger partial charge in [0.05, 0.1) is 17.3 Å². The fourth-order valence-electron chi connectivity index (χ4n) is 1.65. The standard InChI is InChI=1S/C11H14N2OS.C2H6/c1-8-3-4-13(2)11(14)9(5-8)10-6-12-7-15-10;1-2/h3,5,7,10H,4,6H2,1-2H3;1-2H3. The number of nitrogens with zero attached hydrogens (tertiary/aromatic N) is 2. The van der Waals surface area contributed by atoms with E-state index in [1.165, 1.54) is 0 Å². The van der Waals surface area contributed by atoms with Crippen LogP contribution in [0, 0.1) is 0 Å². The molecular weight excluding hydrogens is 232 g/mol. The first kappa shape index (κ1) is 14.0. The highest BCUT2D eigenvalue weighted by Gasteiger charge is 2.26. The topological polar surface area (TPSA) is 32.7 Å². The molecule has 0 aromatic rings. The molecule has 2 rings (SSSR count). The van der Waals surface area contributed by atoms with Crippen molar-refractivity contribution >= 4 is 23.2 Å². The first-order chi connectivity index (χ1) is 8.18. The van der Waals surface area contributed by atoms with Crippen molar-refractivity contribution in [3.05, 3.63) is 23.3 Å². The van der Waals surface area contributed by atoms with Crippen molar-refractivity contribution in [2.75, 3.05) is 20.1 Å². The van der Waals surface area contributed by atoms with Crippen molar-refractivity contribution in [1.29, 1.82) is 0 Å². The largest absolute Gasteiger partial charge is 0.338 e. The molecule has 0 saturated carbocycles. The van der Waals surface area contributed by atoms with Crippen molar-refractivity contribution < 1.29 is 4.79 Å². The molecular formula is C13H20N2OS. The van der Waals surface area contributed by atoms with Crippen LogP contribution >= 0.6 is 11.8 Å². The minimum Gasteiger partial charge on any atom is -0.338 e. The van der Waals surface area contributed by atoms with E-state index in [2.05, 4.69) is 11.1 Å². The van der Waals surface area contributed by atoms with Gasteiger partial charge in [0.25, 0.3) is 5.91 Å². The maximum absolute atomic E-state index is 12.0. The number of thioether (sulfide) groups is 1. The molecule has 2 aliphatic heterocycles. The summed E-state index contributed by atoms with van der Waals surface area (Å²) in [5.41, 5.74) is 3.88. The number of carbonyl (C=O) groups excluding carboxylic acids is 1. The van der Waals surface area contributed by atoms with E-state index in [4.69, 9.17) is 0 Å². The lowest BCUT2D eigenvalue weighted by molar-refractivity contribution is -0.125. The first-order valence-electron chi connectivity index (χ1n) is 5.96. The highest BCUT2D eigenvalue weighted by Crippen LogP contribution is 2.26. The van der Waals surface area contributed by atoms with Crippen LogP contribution in [0.1, 0.15) is 20.8 Å². The Morgan fingerprint density at radius 1 is 1.47 bits per heavy atom. The maximum atomic E-state index is 12.0. The molecule has 0 aromatic heterocycles. The number of rotatable bonds is 1. The van der Waals surface area contributed by atoms with Crippen LogP contribution in [0.3, 0.4) is 0 Å². The molecule has 17 heavy (non-hydrogen) atoms. The lowest BCUT2D eigenvalue weighted by Gasteiger charge is -2.18. The Hall–Kier alpha value is -1.03. The molecule has 1 unspecified atom stereocenters. The summed E-state index contributed by atoms with van der Waals surface area (Å²) in [7, 11) is 1.84. The van der Waals surface area contributed by atoms with Gasteiger partial charge < -0.3 is 4.90 Å². The molecule has 0 aromatic carbocycles. The van der Waals surface area contributed by atoms with Gasteiger partial charge in [0.2, 0.25) is 0 Å². The minimum atomic E-state index is 0.131. The Morgan fingerprint density at radius 2 is 2.18 bits per heavy atom. The summed E-state index contributed by atoms with van der Waals surface area (Å²) in [6, 6.07) is 0. The molecule has 0 aliphatic carbocycles. The van der Waals surface area contributed by atoms with E-state index < -0.39 is 0 Å². The number of hydrogen-bond acceptors (Lipinski definition) is 3. The second kappa shape index (κ2) is 6.64. The van der Waals surface area contributed by atoms with E-state index in [1.807, 2.05) is 39.4 Å². The third-order valence-electron chi connectivity index (χ3n) is 2.58. The van der Waals surface area contributed by atoms with Crippen molar-refractivity contribution in [3.8, 4) is 0 Å². The molecule has 1 atom stereocenters. The quantitative estimate of drug-likeness (QED) is 0.718. The molecule has 2 heterocycles. The molecule has 0 N–H and O–H groups in total. The highest BCUT2D eigenvalue weighted by atomic mass is 32.2. The number of hydrogen-bond donors (Lipinski definition) is 0. The van der Waals surface area contributed by atoms with Crippen LogP contribution in [0.15, 0.2) is 28.3 Å². The van der Waals surface area contributed by atoms with Gasteiger partial charge in [0.15, 0.2) is 0 Å². The zero-order valence-electron chi connectivity index (χ0n) is 10.9. The Balaban J connectivity index is 0.000000686. The third-order valence-corrected chi connectivity index (χ3v) is 3.58. The molecule has 3 nitrogen and oxygen atoms in total. The maximum Gasteiger partial charge on any atom is 0.251 e. The van der Waals surface area contributed by atoms with Crippen LogP contribution in [0.2, 0.25) is 0 Å². The first-order valence-corrected chi connectivity index (χ1v) is 6.90. The van der Waals surface area contributed by atoms with Gasteiger partial charge in [-0.05, 0) is 13.0 Å². The zero-order valence-corrected chi connectivity index (χ0v) is 11.8. The van der Waals surface area contributed by atoms with Crippen LogP contribution in [-0.4, -0.2) is 41.7 Å². The predicted molar refractivity (Wildman–Crippen MR) is 75.6 cm³/mol. The van der Waals surface area contributed by atoms with E-state index in [-0.39, 0.29) is 11.2 Å². The summed E-state index contributed by atoms with van der Waals surface area (Å²) in [5.74, 6) is 0.131.